The number of benzene rings is 1. The maximum atomic E-state index is 13.3. The van der Waals surface area contributed by atoms with E-state index in [9.17, 15) is 9.18 Å². The average Bonchev–Trinajstić information content (AvgIpc) is 2.92. The van der Waals surface area contributed by atoms with Crippen molar-refractivity contribution in [3.63, 3.8) is 0 Å². The van der Waals surface area contributed by atoms with Gasteiger partial charge in [0.25, 0.3) is 0 Å². The van der Waals surface area contributed by atoms with E-state index < -0.39 is 0 Å². The van der Waals surface area contributed by atoms with E-state index in [1.807, 2.05) is 12.3 Å². The second-order valence-corrected chi connectivity index (χ2v) is 4.47. The van der Waals surface area contributed by atoms with E-state index in [2.05, 4.69) is 15.7 Å². The number of halogens is 1. The lowest BCUT2D eigenvalue weighted by molar-refractivity contribution is 0.251. The predicted molar refractivity (Wildman–Crippen MR) is 75.0 cm³/mol. The third-order valence-electron chi connectivity index (χ3n) is 2.84. The molecule has 5 nitrogen and oxygen atoms in total. The maximum absolute atomic E-state index is 13.3. The molecule has 106 valence electrons. The van der Waals surface area contributed by atoms with Crippen LogP contribution in [-0.2, 0) is 6.54 Å². The van der Waals surface area contributed by atoms with Crippen LogP contribution in [0, 0.1) is 12.7 Å². The average molecular weight is 276 g/mol. The molecule has 0 unspecified atom stereocenters. The Kier molecular flexibility index (Phi) is 4.70. The van der Waals surface area contributed by atoms with Crippen molar-refractivity contribution in [3.05, 3.63) is 48.0 Å². The molecule has 0 atom stereocenters. The highest BCUT2D eigenvalue weighted by molar-refractivity contribution is 5.89. The zero-order chi connectivity index (χ0) is 14.4. The van der Waals surface area contributed by atoms with Gasteiger partial charge in [0.15, 0.2) is 0 Å². The molecule has 0 aliphatic carbocycles. The molecule has 0 saturated carbocycles. The van der Waals surface area contributed by atoms with Crippen molar-refractivity contribution in [3.8, 4) is 0 Å². The van der Waals surface area contributed by atoms with Crippen molar-refractivity contribution in [1.82, 2.24) is 15.1 Å². The zero-order valence-corrected chi connectivity index (χ0v) is 11.3. The summed E-state index contributed by atoms with van der Waals surface area (Å²) in [6, 6.07) is 6.11. The number of aromatic nitrogens is 2. The van der Waals surface area contributed by atoms with Gasteiger partial charge in [-0.25, -0.2) is 9.18 Å². The van der Waals surface area contributed by atoms with Crippen LogP contribution in [0.2, 0.25) is 0 Å². The monoisotopic (exact) mass is 276 g/mol. The van der Waals surface area contributed by atoms with Crippen molar-refractivity contribution < 1.29 is 9.18 Å². The fourth-order valence-electron chi connectivity index (χ4n) is 1.72. The molecule has 0 aliphatic rings. The Bertz CT molecular complexity index is 569. The first kappa shape index (κ1) is 14.0. The molecule has 6 heteroatoms. The first-order valence-corrected chi connectivity index (χ1v) is 6.43. The second kappa shape index (κ2) is 6.70. The number of aryl methyl sites for hydroxylation is 2. The van der Waals surface area contributed by atoms with E-state index in [0.717, 1.165) is 13.0 Å². The molecule has 2 N–H and O–H groups in total. The normalized spacial score (nSPS) is 10.3. The van der Waals surface area contributed by atoms with Gasteiger partial charge in [0.05, 0.1) is 0 Å². The lowest BCUT2D eigenvalue weighted by atomic mass is 10.2. The second-order valence-electron chi connectivity index (χ2n) is 4.47. The van der Waals surface area contributed by atoms with E-state index in [4.69, 9.17) is 0 Å². The first-order valence-electron chi connectivity index (χ1n) is 6.43. The standard InChI is InChI=1S/C14H17FN4O/c1-11-4-5-12(10-13(11)15)18-14(20)16-6-2-8-19-9-3-7-17-19/h3-5,7,9-10H,2,6,8H2,1H3,(H2,16,18,20). The number of carbonyl (C=O) groups excluding carboxylic acids is 1. The minimum atomic E-state index is -0.339. The molecule has 1 heterocycles. The molecule has 2 amide bonds. The molecular weight excluding hydrogens is 259 g/mol. The van der Waals surface area contributed by atoms with Gasteiger partial charge in [-0.1, -0.05) is 6.07 Å². The summed E-state index contributed by atoms with van der Waals surface area (Å²) >= 11 is 0. The predicted octanol–water partition coefficient (Wildman–Crippen LogP) is 2.54. The van der Waals surface area contributed by atoms with E-state index in [0.29, 0.717) is 17.8 Å². The van der Waals surface area contributed by atoms with Crippen molar-refractivity contribution in [1.29, 1.82) is 0 Å². The molecule has 0 fully saturated rings. The minimum absolute atomic E-state index is 0.332. The van der Waals surface area contributed by atoms with Crippen molar-refractivity contribution >= 4 is 11.7 Å². The Morgan fingerprint density at radius 1 is 1.45 bits per heavy atom. The summed E-state index contributed by atoms with van der Waals surface area (Å²) in [5, 5.41) is 9.37. The maximum Gasteiger partial charge on any atom is 0.319 e. The zero-order valence-electron chi connectivity index (χ0n) is 11.3. The van der Waals surface area contributed by atoms with Crippen LogP contribution in [0.1, 0.15) is 12.0 Å². The molecule has 1 aromatic carbocycles. The Morgan fingerprint density at radius 3 is 3.00 bits per heavy atom. The van der Waals surface area contributed by atoms with Crippen LogP contribution in [0.25, 0.3) is 0 Å². The molecule has 0 aliphatic heterocycles. The van der Waals surface area contributed by atoms with E-state index >= 15 is 0 Å². The molecule has 0 bridgehead atoms. The third kappa shape index (κ3) is 4.08. The van der Waals surface area contributed by atoms with Crippen LogP contribution in [0.3, 0.4) is 0 Å². The van der Waals surface area contributed by atoms with Gasteiger partial charge in [-0.2, -0.15) is 5.10 Å². The van der Waals surface area contributed by atoms with Crippen LogP contribution in [0.5, 0.6) is 0 Å². The highest BCUT2D eigenvalue weighted by Crippen LogP contribution is 2.13. The molecule has 2 rings (SSSR count). The highest BCUT2D eigenvalue weighted by Gasteiger charge is 2.03. The molecule has 0 saturated heterocycles. The molecule has 0 radical (unpaired) electrons. The summed E-state index contributed by atoms with van der Waals surface area (Å²) in [5.41, 5.74) is 0.993. The topological polar surface area (TPSA) is 59.0 Å². The van der Waals surface area contributed by atoms with Gasteiger partial charge < -0.3 is 10.6 Å². The van der Waals surface area contributed by atoms with Crippen LogP contribution < -0.4 is 10.6 Å². The smallest absolute Gasteiger partial charge is 0.319 e. The number of urea groups is 1. The van der Waals surface area contributed by atoms with Crippen LogP contribution >= 0.6 is 0 Å². The van der Waals surface area contributed by atoms with Crippen molar-refractivity contribution in [2.75, 3.05) is 11.9 Å². The number of amides is 2. The van der Waals surface area contributed by atoms with Crippen LogP contribution in [0.4, 0.5) is 14.9 Å². The number of anilines is 1. The van der Waals surface area contributed by atoms with Crippen molar-refractivity contribution in [2.24, 2.45) is 0 Å². The van der Waals surface area contributed by atoms with Gasteiger partial charge in [0, 0.05) is 31.2 Å². The fraction of sp³-hybridized carbons (Fsp3) is 0.286. The molecule has 1 aromatic heterocycles. The quantitative estimate of drug-likeness (QED) is 0.824. The summed E-state index contributed by atoms with van der Waals surface area (Å²) in [6.45, 7) is 2.95. The van der Waals surface area contributed by atoms with Gasteiger partial charge in [-0.15, -0.1) is 0 Å². The van der Waals surface area contributed by atoms with E-state index in [1.54, 1.807) is 29.9 Å². The number of nitrogens with zero attached hydrogens (tertiary/aromatic N) is 2. The van der Waals surface area contributed by atoms with Gasteiger partial charge in [0.2, 0.25) is 0 Å². The van der Waals surface area contributed by atoms with Crippen LogP contribution in [-0.4, -0.2) is 22.4 Å². The number of carbonyl (C=O) groups is 1. The minimum Gasteiger partial charge on any atom is -0.338 e. The molecule has 20 heavy (non-hydrogen) atoms. The summed E-state index contributed by atoms with van der Waals surface area (Å²) in [6.07, 6.45) is 4.36. The first-order chi connectivity index (χ1) is 9.65. The lowest BCUT2D eigenvalue weighted by Gasteiger charge is -2.08. The molecule has 2 aromatic rings. The lowest BCUT2D eigenvalue weighted by Crippen LogP contribution is -2.30. The van der Waals surface area contributed by atoms with Crippen molar-refractivity contribution in [2.45, 2.75) is 19.9 Å². The summed E-state index contributed by atoms with van der Waals surface area (Å²) in [4.78, 5) is 11.6. The van der Waals surface area contributed by atoms with Crippen LogP contribution in [0.15, 0.2) is 36.7 Å². The summed E-state index contributed by atoms with van der Waals surface area (Å²) in [5.74, 6) is -0.332. The van der Waals surface area contributed by atoms with Gasteiger partial charge >= 0.3 is 6.03 Å². The number of hydrogen-bond donors (Lipinski definition) is 2. The molecule has 0 spiro atoms. The molecular formula is C14H17FN4O. The fourth-order valence-corrected chi connectivity index (χ4v) is 1.72. The Morgan fingerprint density at radius 2 is 2.30 bits per heavy atom. The van der Waals surface area contributed by atoms with E-state index in [-0.39, 0.29) is 11.8 Å². The van der Waals surface area contributed by atoms with Gasteiger partial charge in [-0.3, -0.25) is 4.68 Å². The largest absolute Gasteiger partial charge is 0.338 e. The SMILES string of the molecule is Cc1ccc(NC(=O)NCCCn2cccn2)cc1F. The third-order valence-corrected chi connectivity index (χ3v) is 2.84. The highest BCUT2D eigenvalue weighted by atomic mass is 19.1. The van der Waals surface area contributed by atoms with Gasteiger partial charge in [0.1, 0.15) is 5.82 Å². The van der Waals surface area contributed by atoms with Gasteiger partial charge in [-0.05, 0) is 37.1 Å². The number of hydrogen-bond acceptors (Lipinski definition) is 2. The number of rotatable bonds is 5. The summed E-state index contributed by atoms with van der Waals surface area (Å²) < 4.78 is 15.1. The summed E-state index contributed by atoms with van der Waals surface area (Å²) in [7, 11) is 0. The number of nitrogens with one attached hydrogen (secondary N) is 2. The Hall–Kier alpha value is -2.37. The van der Waals surface area contributed by atoms with E-state index in [1.165, 1.54) is 6.07 Å². The Balaban J connectivity index is 1.71. The Labute approximate surface area is 116 Å².